The number of non-ortho nitro benzene ring substituents is 1. The van der Waals surface area contributed by atoms with Crippen LogP contribution < -0.4 is 10.2 Å². The Bertz CT molecular complexity index is 1360. The summed E-state index contributed by atoms with van der Waals surface area (Å²) < 4.78 is 7.14. The van der Waals surface area contributed by atoms with Crippen LogP contribution in [0.3, 0.4) is 0 Å². The molecule has 0 unspecified atom stereocenters. The van der Waals surface area contributed by atoms with Crippen LogP contribution in [0.15, 0.2) is 85.1 Å². The number of amides is 1. The van der Waals surface area contributed by atoms with Crippen LogP contribution in [-0.4, -0.2) is 46.9 Å². The lowest BCUT2D eigenvalue weighted by Crippen LogP contribution is -2.36. The van der Waals surface area contributed by atoms with Crippen molar-refractivity contribution in [3.05, 3.63) is 106 Å². The normalized spacial score (nSPS) is 13.4. The minimum absolute atomic E-state index is 0.00479. The molecular formula is C28H27N5O4. The number of rotatable bonds is 8. The summed E-state index contributed by atoms with van der Waals surface area (Å²) in [6.07, 6.45) is 1.97. The van der Waals surface area contributed by atoms with Gasteiger partial charge >= 0.3 is 0 Å². The summed E-state index contributed by atoms with van der Waals surface area (Å²) in [5, 5.41) is 18.8. The maximum atomic E-state index is 12.9. The predicted octanol–water partition coefficient (Wildman–Crippen LogP) is 4.14. The number of hydrogen-bond donors (Lipinski definition) is 1. The average molecular weight is 498 g/mol. The van der Waals surface area contributed by atoms with Gasteiger partial charge in [0.2, 0.25) is 5.91 Å². The molecule has 0 saturated carbocycles. The van der Waals surface area contributed by atoms with Crippen molar-refractivity contribution >= 4 is 17.3 Å². The molecule has 1 N–H and O–H groups in total. The molecule has 0 radical (unpaired) electrons. The predicted molar refractivity (Wildman–Crippen MR) is 141 cm³/mol. The van der Waals surface area contributed by atoms with Crippen LogP contribution in [0.5, 0.6) is 0 Å². The van der Waals surface area contributed by atoms with Crippen molar-refractivity contribution in [1.82, 2.24) is 15.1 Å². The molecule has 0 atom stereocenters. The van der Waals surface area contributed by atoms with E-state index in [0.717, 1.165) is 48.8 Å². The van der Waals surface area contributed by atoms with Crippen LogP contribution in [0.25, 0.3) is 16.9 Å². The van der Waals surface area contributed by atoms with E-state index in [-0.39, 0.29) is 18.0 Å². The van der Waals surface area contributed by atoms with E-state index in [1.165, 1.54) is 12.1 Å². The quantitative estimate of drug-likeness (QED) is 0.290. The van der Waals surface area contributed by atoms with Gasteiger partial charge in [0, 0.05) is 54.8 Å². The van der Waals surface area contributed by atoms with Crippen LogP contribution in [-0.2, 0) is 22.5 Å². The van der Waals surface area contributed by atoms with Crippen LogP contribution in [0.1, 0.15) is 11.1 Å². The molecular weight excluding hydrogens is 470 g/mol. The standard InChI is InChI=1S/C28H27N5O4/c34-27(29-19-21-6-10-24(11-7-21)31-14-16-37-17-15-31)18-23-20-32(25-4-2-1-3-5-25)30-28(23)22-8-12-26(13-9-22)33(35)36/h1-13,20H,14-19H2,(H,29,34). The Morgan fingerprint density at radius 1 is 0.946 bits per heavy atom. The fourth-order valence-electron chi connectivity index (χ4n) is 4.32. The van der Waals surface area contributed by atoms with E-state index >= 15 is 0 Å². The van der Waals surface area contributed by atoms with E-state index < -0.39 is 4.92 Å². The van der Waals surface area contributed by atoms with Crippen molar-refractivity contribution < 1.29 is 14.5 Å². The van der Waals surface area contributed by atoms with Crippen LogP contribution in [0, 0.1) is 10.1 Å². The number of nitrogens with zero attached hydrogens (tertiary/aromatic N) is 4. The lowest BCUT2D eigenvalue weighted by molar-refractivity contribution is -0.384. The third kappa shape index (κ3) is 5.84. The Kier molecular flexibility index (Phi) is 7.23. The number of morpholine rings is 1. The molecule has 9 nitrogen and oxygen atoms in total. The molecule has 0 aliphatic carbocycles. The summed E-state index contributed by atoms with van der Waals surface area (Å²) in [5.41, 5.74) is 5.09. The summed E-state index contributed by atoms with van der Waals surface area (Å²) in [7, 11) is 0. The second-order valence-corrected chi connectivity index (χ2v) is 8.81. The third-order valence-electron chi connectivity index (χ3n) is 6.32. The molecule has 188 valence electrons. The highest BCUT2D eigenvalue weighted by atomic mass is 16.6. The number of carbonyl (C=O) groups excluding carboxylic acids is 1. The molecule has 1 aliphatic heterocycles. The molecule has 1 amide bonds. The fourth-order valence-corrected chi connectivity index (χ4v) is 4.32. The molecule has 0 spiro atoms. The van der Waals surface area contributed by atoms with Crippen LogP contribution in [0.2, 0.25) is 0 Å². The number of hydrogen-bond acceptors (Lipinski definition) is 6. The van der Waals surface area contributed by atoms with Gasteiger partial charge in [0.05, 0.1) is 35.9 Å². The van der Waals surface area contributed by atoms with Gasteiger partial charge in [-0.3, -0.25) is 14.9 Å². The maximum absolute atomic E-state index is 12.9. The fraction of sp³-hybridized carbons (Fsp3) is 0.214. The van der Waals surface area contributed by atoms with Gasteiger partial charge in [-0.15, -0.1) is 0 Å². The minimum atomic E-state index is -0.436. The lowest BCUT2D eigenvalue weighted by atomic mass is 10.1. The Morgan fingerprint density at radius 2 is 1.65 bits per heavy atom. The number of anilines is 1. The Balaban J connectivity index is 1.30. The van der Waals surface area contributed by atoms with E-state index in [9.17, 15) is 14.9 Å². The van der Waals surface area contributed by atoms with Crippen molar-refractivity contribution in [2.24, 2.45) is 0 Å². The SMILES string of the molecule is O=C(Cc1cn(-c2ccccc2)nc1-c1ccc([N+](=O)[O-])cc1)NCc1ccc(N2CCOCC2)cc1. The van der Waals surface area contributed by atoms with Gasteiger partial charge in [-0.05, 0) is 42.0 Å². The highest BCUT2D eigenvalue weighted by Gasteiger charge is 2.17. The number of ether oxygens (including phenoxy) is 1. The summed E-state index contributed by atoms with van der Waals surface area (Å²) >= 11 is 0. The Hall–Kier alpha value is -4.50. The molecule has 2 heterocycles. The van der Waals surface area contributed by atoms with Crippen molar-refractivity contribution in [3.63, 3.8) is 0 Å². The van der Waals surface area contributed by atoms with Crippen LogP contribution >= 0.6 is 0 Å². The first-order valence-electron chi connectivity index (χ1n) is 12.1. The highest BCUT2D eigenvalue weighted by Crippen LogP contribution is 2.26. The lowest BCUT2D eigenvalue weighted by Gasteiger charge is -2.28. The van der Waals surface area contributed by atoms with E-state index in [4.69, 9.17) is 9.84 Å². The van der Waals surface area contributed by atoms with Crippen LogP contribution in [0.4, 0.5) is 11.4 Å². The topological polar surface area (TPSA) is 103 Å². The van der Waals surface area contributed by atoms with E-state index in [1.54, 1.807) is 16.8 Å². The number of nitro benzene ring substituents is 1. The molecule has 1 aliphatic rings. The van der Waals surface area contributed by atoms with Gasteiger partial charge in [-0.1, -0.05) is 30.3 Å². The number of para-hydroxylation sites is 1. The second-order valence-electron chi connectivity index (χ2n) is 8.81. The van der Waals surface area contributed by atoms with Gasteiger partial charge in [-0.2, -0.15) is 5.10 Å². The molecule has 9 heteroatoms. The zero-order chi connectivity index (χ0) is 25.6. The van der Waals surface area contributed by atoms with Gasteiger partial charge in [0.1, 0.15) is 0 Å². The molecule has 1 saturated heterocycles. The van der Waals surface area contributed by atoms with Gasteiger partial charge < -0.3 is 15.0 Å². The Labute approximate surface area is 214 Å². The number of nitro groups is 1. The largest absolute Gasteiger partial charge is 0.378 e. The van der Waals surface area contributed by atoms with E-state index in [0.29, 0.717) is 17.8 Å². The number of carbonyl (C=O) groups is 1. The minimum Gasteiger partial charge on any atom is -0.378 e. The number of nitrogens with one attached hydrogen (secondary N) is 1. The molecule has 37 heavy (non-hydrogen) atoms. The Morgan fingerprint density at radius 3 is 2.32 bits per heavy atom. The zero-order valence-corrected chi connectivity index (χ0v) is 20.2. The molecule has 3 aromatic carbocycles. The monoisotopic (exact) mass is 497 g/mol. The summed E-state index contributed by atoms with van der Waals surface area (Å²) in [6.45, 7) is 3.65. The van der Waals surface area contributed by atoms with Crippen molar-refractivity contribution in [2.75, 3.05) is 31.2 Å². The smallest absolute Gasteiger partial charge is 0.269 e. The summed E-state index contributed by atoms with van der Waals surface area (Å²) in [6, 6.07) is 24.0. The molecule has 0 bridgehead atoms. The van der Waals surface area contributed by atoms with Crippen molar-refractivity contribution in [1.29, 1.82) is 0 Å². The van der Waals surface area contributed by atoms with Gasteiger partial charge in [-0.25, -0.2) is 4.68 Å². The van der Waals surface area contributed by atoms with E-state index in [1.807, 2.05) is 48.7 Å². The molecule has 4 aromatic rings. The van der Waals surface area contributed by atoms with Crippen molar-refractivity contribution in [3.8, 4) is 16.9 Å². The first-order chi connectivity index (χ1) is 18.1. The molecule has 5 rings (SSSR count). The summed E-state index contributed by atoms with van der Waals surface area (Å²) in [4.78, 5) is 25.8. The first-order valence-corrected chi connectivity index (χ1v) is 12.1. The average Bonchev–Trinajstić information content (AvgIpc) is 3.37. The molecule has 1 fully saturated rings. The van der Waals surface area contributed by atoms with Crippen molar-refractivity contribution in [2.45, 2.75) is 13.0 Å². The maximum Gasteiger partial charge on any atom is 0.269 e. The highest BCUT2D eigenvalue weighted by molar-refractivity contribution is 5.81. The number of aromatic nitrogens is 2. The van der Waals surface area contributed by atoms with E-state index in [2.05, 4.69) is 22.3 Å². The van der Waals surface area contributed by atoms with Gasteiger partial charge in [0.25, 0.3) is 5.69 Å². The second kappa shape index (κ2) is 11.0. The first kappa shape index (κ1) is 24.2. The number of benzene rings is 3. The van der Waals surface area contributed by atoms with Gasteiger partial charge in [0.15, 0.2) is 0 Å². The molecule has 1 aromatic heterocycles. The zero-order valence-electron chi connectivity index (χ0n) is 20.2. The third-order valence-corrected chi connectivity index (χ3v) is 6.32. The summed E-state index contributed by atoms with van der Waals surface area (Å²) in [5.74, 6) is -0.131.